The third-order valence-corrected chi connectivity index (χ3v) is 3.90. The van der Waals surface area contributed by atoms with E-state index >= 15 is 0 Å². The van der Waals surface area contributed by atoms with Gasteiger partial charge in [0.2, 0.25) is 0 Å². The van der Waals surface area contributed by atoms with Crippen LogP contribution < -0.4 is 0 Å². The summed E-state index contributed by atoms with van der Waals surface area (Å²) >= 11 is 6.24. The number of hydrogen-bond acceptors (Lipinski definition) is 0. The van der Waals surface area contributed by atoms with Gasteiger partial charge in [0.25, 0.3) is 0 Å². The Bertz CT molecular complexity index is 125. The highest BCUT2D eigenvalue weighted by Gasteiger charge is 2.13. The normalized spacial score (nSPS) is 21.9. The molecule has 0 aliphatic heterocycles. The summed E-state index contributed by atoms with van der Waals surface area (Å²) in [5.74, 6) is 0.996. The predicted molar refractivity (Wildman–Crippen MR) is 65.0 cm³/mol. The monoisotopic (exact) mass is 216 g/mol. The third-order valence-electron chi connectivity index (χ3n) is 3.46. The van der Waals surface area contributed by atoms with Crippen LogP contribution in [0.15, 0.2) is 0 Å². The molecule has 0 aromatic heterocycles. The molecule has 0 radical (unpaired) electrons. The van der Waals surface area contributed by atoms with Crippen molar-refractivity contribution in [2.24, 2.45) is 5.92 Å². The van der Waals surface area contributed by atoms with Gasteiger partial charge in [-0.2, -0.15) is 0 Å². The van der Waals surface area contributed by atoms with Gasteiger partial charge in [-0.1, -0.05) is 51.9 Å². The van der Waals surface area contributed by atoms with E-state index in [4.69, 9.17) is 11.6 Å². The van der Waals surface area contributed by atoms with E-state index < -0.39 is 0 Å². The number of halogens is 1. The van der Waals surface area contributed by atoms with Crippen molar-refractivity contribution in [2.75, 3.05) is 0 Å². The molecule has 84 valence electrons. The van der Waals surface area contributed by atoms with Gasteiger partial charge in [0.15, 0.2) is 0 Å². The molecule has 1 saturated carbocycles. The van der Waals surface area contributed by atoms with Gasteiger partial charge in [0, 0.05) is 5.38 Å². The summed E-state index contributed by atoms with van der Waals surface area (Å²) in [5.41, 5.74) is 0. The number of hydrogen-bond donors (Lipinski definition) is 0. The van der Waals surface area contributed by atoms with E-state index in [0.717, 1.165) is 5.92 Å². The Morgan fingerprint density at radius 1 is 1.07 bits per heavy atom. The minimum Gasteiger partial charge on any atom is -0.123 e. The fourth-order valence-electron chi connectivity index (χ4n) is 2.53. The van der Waals surface area contributed by atoms with E-state index in [0.29, 0.717) is 5.38 Å². The van der Waals surface area contributed by atoms with E-state index in [1.54, 1.807) is 0 Å². The highest BCUT2D eigenvalue weighted by Crippen LogP contribution is 2.28. The van der Waals surface area contributed by atoms with Gasteiger partial charge in [0.1, 0.15) is 0 Å². The maximum Gasteiger partial charge on any atom is 0.0336 e. The highest BCUT2D eigenvalue weighted by molar-refractivity contribution is 6.20. The quantitative estimate of drug-likeness (QED) is 0.441. The maximum atomic E-state index is 6.24. The van der Waals surface area contributed by atoms with Gasteiger partial charge in [-0.3, -0.25) is 0 Å². The van der Waals surface area contributed by atoms with Crippen LogP contribution in [-0.2, 0) is 0 Å². The molecule has 1 atom stereocenters. The second-order valence-electron chi connectivity index (χ2n) is 4.82. The van der Waals surface area contributed by atoms with E-state index in [2.05, 4.69) is 6.92 Å². The Morgan fingerprint density at radius 3 is 2.29 bits per heavy atom. The lowest BCUT2D eigenvalue weighted by atomic mass is 9.93. The Balaban J connectivity index is 2.09. The lowest BCUT2D eigenvalue weighted by Gasteiger charge is -2.15. The van der Waals surface area contributed by atoms with Gasteiger partial charge < -0.3 is 0 Å². The second kappa shape index (κ2) is 7.56. The first-order chi connectivity index (χ1) is 6.83. The molecule has 0 aromatic rings. The molecule has 1 fully saturated rings. The van der Waals surface area contributed by atoms with E-state index in [1.807, 2.05) is 0 Å². The van der Waals surface area contributed by atoms with E-state index in [-0.39, 0.29) is 0 Å². The zero-order valence-corrected chi connectivity index (χ0v) is 10.4. The predicted octanol–water partition coefficient (Wildman–Crippen LogP) is 5.14. The molecule has 1 rings (SSSR count). The van der Waals surface area contributed by atoms with Crippen LogP contribution >= 0.6 is 11.6 Å². The zero-order chi connectivity index (χ0) is 10.2. The van der Waals surface area contributed by atoms with Gasteiger partial charge in [-0.15, -0.1) is 11.6 Å². The molecule has 14 heavy (non-hydrogen) atoms. The molecule has 0 amide bonds. The summed E-state index contributed by atoms with van der Waals surface area (Å²) in [4.78, 5) is 0. The molecule has 0 heterocycles. The Kier molecular flexibility index (Phi) is 6.68. The Morgan fingerprint density at radius 2 is 1.71 bits per heavy atom. The average Bonchev–Trinajstić information content (AvgIpc) is 2.43. The van der Waals surface area contributed by atoms with Crippen LogP contribution in [0.1, 0.15) is 71.1 Å². The standard InChI is InChI=1S/C13H25Cl/c1-2-7-13(14)11-10-12-8-5-3-4-6-9-12/h12-13H,2-11H2,1H3. The molecule has 1 unspecified atom stereocenters. The lowest BCUT2D eigenvalue weighted by Crippen LogP contribution is -2.04. The van der Waals surface area contributed by atoms with Crippen molar-refractivity contribution >= 4 is 11.6 Å². The van der Waals surface area contributed by atoms with Gasteiger partial charge in [-0.25, -0.2) is 0 Å². The largest absolute Gasteiger partial charge is 0.123 e. The first-order valence-corrected chi connectivity index (χ1v) is 6.90. The van der Waals surface area contributed by atoms with Crippen LogP contribution in [0.25, 0.3) is 0 Å². The van der Waals surface area contributed by atoms with E-state index in [9.17, 15) is 0 Å². The first-order valence-electron chi connectivity index (χ1n) is 6.47. The molecule has 0 N–H and O–H groups in total. The fraction of sp³-hybridized carbons (Fsp3) is 1.00. The third kappa shape index (κ3) is 5.24. The van der Waals surface area contributed by atoms with Crippen molar-refractivity contribution in [1.29, 1.82) is 0 Å². The van der Waals surface area contributed by atoms with Gasteiger partial charge in [0.05, 0.1) is 0 Å². The molecule has 0 bridgehead atoms. The average molecular weight is 217 g/mol. The topological polar surface area (TPSA) is 0 Å². The van der Waals surface area contributed by atoms with Crippen LogP contribution in [0.4, 0.5) is 0 Å². The van der Waals surface area contributed by atoms with Crippen molar-refractivity contribution in [3.8, 4) is 0 Å². The summed E-state index contributed by atoms with van der Waals surface area (Å²) < 4.78 is 0. The fourth-order valence-corrected chi connectivity index (χ4v) is 2.87. The van der Waals surface area contributed by atoms with Crippen LogP contribution in [0.5, 0.6) is 0 Å². The Hall–Kier alpha value is 0.290. The van der Waals surface area contributed by atoms with Crippen LogP contribution in [0, 0.1) is 5.92 Å². The molecular weight excluding hydrogens is 192 g/mol. The van der Waals surface area contributed by atoms with Crippen molar-refractivity contribution in [1.82, 2.24) is 0 Å². The highest BCUT2D eigenvalue weighted by atomic mass is 35.5. The molecule has 1 aliphatic carbocycles. The molecule has 0 nitrogen and oxygen atoms in total. The Labute approximate surface area is 94.4 Å². The van der Waals surface area contributed by atoms with Crippen molar-refractivity contribution in [3.05, 3.63) is 0 Å². The maximum absolute atomic E-state index is 6.24. The minimum absolute atomic E-state index is 0.447. The molecule has 0 spiro atoms. The van der Waals surface area contributed by atoms with Crippen LogP contribution in [0.3, 0.4) is 0 Å². The SMILES string of the molecule is CCCC(Cl)CCC1CCCCCC1. The van der Waals surface area contributed by atoms with Crippen molar-refractivity contribution in [3.63, 3.8) is 0 Å². The summed E-state index contributed by atoms with van der Waals surface area (Å²) in [6.45, 7) is 2.22. The molecule has 0 saturated heterocycles. The van der Waals surface area contributed by atoms with Gasteiger partial charge >= 0.3 is 0 Å². The molecule has 1 aliphatic rings. The molecule has 1 heteroatoms. The van der Waals surface area contributed by atoms with Gasteiger partial charge in [-0.05, 0) is 25.2 Å². The second-order valence-corrected chi connectivity index (χ2v) is 5.44. The van der Waals surface area contributed by atoms with Crippen molar-refractivity contribution in [2.45, 2.75) is 76.5 Å². The van der Waals surface area contributed by atoms with Crippen molar-refractivity contribution < 1.29 is 0 Å². The summed E-state index contributed by atoms with van der Waals surface area (Å²) in [7, 11) is 0. The van der Waals surface area contributed by atoms with Crippen LogP contribution in [-0.4, -0.2) is 5.38 Å². The number of rotatable bonds is 5. The minimum atomic E-state index is 0.447. The summed E-state index contributed by atoms with van der Waals surface area (Å²) in [6.07, 6.45) is 13.9. The molecular formula is C13H25Cl. The lowest BCUT2D eigenvalue weighted by molar-refractivity contribution is 0.408. The van der Waals surface area contributed by atoms with E-state index in [1.165, 1.54) is 64.2 Å². The number of alkyl halides is 1. The smallest absolute Gasteiger partial charge is 0.0336 e. The summed E-state index contributed by atoms with van der Waals surface area (Å²) in [5, 5.41) is 0.447. The summed E-state index contributed by atoms with van der Waals surface area (Å²) in [6, 6.07) is 0. The molecule has 0 aromatic carbocycles. The van der Waals surface area contributed by atoms with Crippen LogP contribution in [0.2, 0.25) is 0 Å². The zero-order valence-electron chi connectivity index (χ0n) is 9.60. The first kappa shape index (κ1) is 12.4.